The summed E-state index contributed by atoms with van der Waals surface area (Å²) in [5.41, 5.74) is 8.69. The van der Waals surface area contributed by atoms with Gasteiger partial charge in [0.1, 0.15) is 4.90 Å². The monoisotopic (exact) mass is 368 g/mol. The molecule has 0 radical (unpaired) electrons. The number of hydrogen-bond acceptors (Lipinski definition) is 3. The summed E-state index contributed by atoms with van der Waals surface area (Å²) in [5, 5.41) is 0. The molecule has 0 saturated heterocycles. The Hall–Kier alpha value is -1.53. The van der Waals surface area contributed by atoms with Gasteiger partial charge in [-0.1, -0.05) is 22.0 Å². The maximum Gasteiger partial charge on any atom is 0.266 e. The quantitative estimate of drug-likeness (QED) is 0.843. The zero-order valence-corrected chi connectivity index (χ0v) is 14.5. The summed E-state index contributed by atoms with van der Waals surface area (Å²) >= 11 is 3.28. The number of nitrogen functional groups attached to an aromatic ring is 1. The van der Waals surface area contributed by atoms with Crippen molar-refractivity contribution < 1.29 is 8.42 Å². The van der Waals surface area contributed by atoms with E-state index in [0.717, 1.165) is 11.1 Å². The van der Waals surface area contributed by atoms with Gasteiger partial charge in [0.2, 0.25) is 0 Å². The van der Waals surface area contributed by atoms with E-state index in [9.17, 15) is 8.42 Å². The Labute approximate surface area is 133 Å². The standard InChI is InChI=1S/C15H17BrN2O2S/c1-10-6-11(2)8-13(7-10)18(3)21(19,20)15-9-12(16)4-5-14(15)17/h4-9H,17H2,1-3H3. The van der Waals surface area contributed by atoms with Crippen LogP contribution < -0.4 is 10.0 Å². The minimum absolute atomic E-state index is 0.0959. The first kappa shape index (κ1) is 15.9. The summed E-state index contributed by atoms with van der Waals surface area (Å²) in [5.74, 6) is 0. The van der Waals surface area contributed by atoms with Crippen molar-refractivity contribution in [3.05, 3.63) is 52.0 Å². The molecule has 0 amide bonds. The molecule has 0 fully saturated rings. The van der Waals surface area contributed by atoms with Gasteiger partial charge >= 0.3 is 0 Å². The minimum atomic E-state index is -3.70. The van der Waals surface area contributed by atoms with Crippen molar-refractivity contribution in [1.82, 2.24) is 0 Å². The van der Waals surface area contributed by atoms with Crippen LogP contribution in [-0.2, 0) is 10.0 Å². The SMILES string of the molecule is Cc1cc(C)cc(N(C)S(=O)(=O)c2cc(Br)ccc2N)c1. The molecule has 0 saturated carbocycles. The molecule has 2 aromatic rings. The van der Waals surface area contributed by atoms with Gasteiger partial charge < -0.3 is 5.73 Å². The van der Waals surface area contributed by atoms with Crippen molar-refractivity contribution in [1.29, 1.82) is 0 Å². The van der Waals surface area contributed by atoms with E-state index in [-0.39, 0.29) is 10.6 Å². The van der Waals surface area contributed by atoms with Gasteiger partial charge in [0.05, 0.1) is 11.4 Å². The van der Waals surface area contributed by atoms with Gasteiger partial charge in [-0.2, -0.15) is 0 Å². The van der Waals surface area contributed by atoms with Crippen molar-refractivity contribution in [3.8, 4) is 0 Å². The Morgan fingerprint density at radius 3 is 2.19 bits per heavy atom. The van der Waals surface area contributed by atoms with Crippen LogP contribution in [-0.4, -0.2) is 15.5 Å². The van der Waals surface area contributed by atoms with Crippen molar-refractivity contribution in [2.45, 2.75) is 18.7 Å². The Balaban J connectivity index is 2.55. The van der Waals surface area contributed by atoms with Crippen LogP contribution >= 0.6 is 15.9 Å². The molecule has 112 valence electrons. The lowest BCUT2D eigenvalue weighted by Crippen LogP contribution is -2.27. The summed E-state index contributed by atoms with van der Waals surface area (Å²) in [7, 11) is -2.17. The van der Waals surface area contributed by atoms with Crippen LogP contribution in [0.15, 0.2) is 45.8 Å². The predicted molar refractivity (Wildman–Crippen MR) is 90.1 cm³/mol. The second kappa shape index (κ2) is 5.69. The number of nitrogens with two attached hydrogens (primary N) is 1. The first-order valence-electron chi connectivity index (χ1n) is 6.34. The van der Waals surface area contributed by atoms with Crippen LogP contribution in [0.3, 0.4) is 0 Å². The number of benzene rings is 2. The van der Waals surface area contributed by atoms with Gasteiger partial charge in [-0.3, -0.25) is 4.31 Å². The molecule has 0 aliphatic heterocycles. The molecule has 0 atom stereocenters. The molecule has 4 nitrogen and oxygen atoms in total. The number of rotatable bonds is 3. The Morgan fingerprint density at radius 2 is 1.62 bits per heavy atom. The summed E-state index contributed by atoms with van der Waals surface area (Å²) in [6, 6.07) is 10.5. The molecule has 6 heteroatoms. The van der Waals surface area contributed by atoms with Crippen LogP contribution in [0.2, 0.25) is 0 Å². The van der Waals surface area contributed by atoms with E-state index < -0.39 is 10.0 Å². The summed E-state index contributed by atoms with van der Waals surface area (Å²) in [4.78, 5) is 0.0959. The maximum atomic E-state index is 12.8. The Kier molecular flexibility index (Phi) is 4.30. The highest BCUT2D eigenvalue weighted by Crippen LogP contribution is 2.29. The number of nitrogens with zero attached hydrogens (tertiary/aromatic N) is 1. The number of anilines is 2. The molecule has 21 heavy (non-hydrogen) atoms. The highest BCUT2D eigenvalue weighted by atomic mass is 79.9. The van der Waals surface area contributed by atoms with E-state index in [2.05, 4.69) is 15.9 Å². The second-order valence-electron chi connectivity index (χ2n) is 5.00. The molecule has 2 rings (SSSR count). The van der Waals surface area contributed by atoms with Gasteiger partial charge in [-0.15, -0.1) is 0 Å². The van der Waals surface area contributed by atoms with Crippen LogP contribution in [0, 0.1) is 13.8 Å². The van der Waals surface area contributed by atoms with Crippen molar-refractivity contribution in [3.63, 3.8) is 0 Å². The molecule has 2 aromatic carbocycles. The number of hydrogen-bond donors (Lipinski definition) is 1. The second-order valence-corrected chi connectivity index (χ2v) is 7.85. The maximum absolute atomic E-state index is 12.8. The van der Waals surface area contributed by atoms with Crippen LogP contribution in [0.4, 0.5) is 11.4 Å². The number of aryl methyl sites for hydroxylation is 2. The summed E-state index contributed by atoms with van der Waals surface area (Å²) in [6.07, 6.45) is 0. The molecule has 0 bridgehead atoms. The topological polar surface area (TPSA) is 63.4 Å². The number of halogens is 1. The van der Waals surface area contributed by atoms with E-state index in [1.54, 1.807) is 12.1 Å². The van der Waals surface area contributed by atoms with Gasteiger partial charge in [0, 0.05) is 11.5 Å². The molecule has 0 spiro atoms. The van der Waals surface area contributed by atoms with Gasteiger partial charge in [-0.05, 0) is 55.3 Å². The van der Waals surface area contributed by atoms with Gasteiger partial charge in [0.15, 0.2) is 0 Å². The predicted octanol–water partition coefficient (Wildman–Crippen LogP) is 3.47. The molecule has 0 unspecified atom stereocenters. The van der Waals surface area contributed by atoms with Crippen molar-refractivity contribution in [2.24, 2.45) is 0 Å². The van der Waals surface area contributed by atoms with Crippen molar-refractivity contribution in [2.75, 3.05) is 17.1 Å². The Morgan fingerprint density at radius 1 is 1.05 bits per heavy atom. The first-order valence-corrected chi connectivity index (χ1v) is 8.57. The molecule has 0 aliphatic rings. The highest BCUT2D eigenvalue weighted by Gasteiger charge is 2.24. The Bertz CT molecular complexity index is 768. The van der Waals surface area contributed by atoms with E-state index in [1.807, 2.05) is 32.0 Å². The average molecular weight is 369 g/mol. The minimum Gasteiger partial charge on any atom is -0.398 e. The van der Waals surface area contributed by atoms with Crippen molar-refractivity contribution >= 4 is 37.3 Å². The molecular formula is C15H17BrN2O2S. The lowest BCUT2D eigenvalue weighted by Gasteiger charge is -2.21. The van der Waals surface area contributed by atoms with E-state index in [0.29, 0.717) is 10.2 Å². The third-order valence-electron chi connectivity index (χ3n) is 3.18. The van der Waals surface area contributed by atoms with E-state index in [4.69, 9.17) is 5.73 Å². The zero-order chi connectivity index (χ0) is 15.8. The summed E-state index contributed by atoms with van der Waals surface area (Å²) < 4.78 is 27.4. The fraction of sp³-hybridized carbons (Fsp3) is 0.200. The lowest BCUT2D eigenvalue weighted by atomic mass is 10.1. The van der Waals surface area contributed by atoms with Crippen LogP contribution in [0.25, 0.3) is 0 Å². The third kappa shape index (κ3) is 3.22. The number of sulfonamides is 1. The smallest absolute Gasteiger partial charge is 0.266 e. The largest absolute Gasteiger partial charge is 0.398 e. The summed E-state index contributed by atoms with van der Waals surface area (Å²) in [6.45, 7) is 3.87. The van der Waals surface area contributed by atoms with E-state index >= 15 is 0 Å². The first-order chi connectivity index (χ1) is 9.71. The molecule has 0 aliphatic carbocycles. The van der Waals surface area contributed by atoms with Crippen LogP contribution in [0.5, 0.6) is 0 Å². The lowest BCUT2D eigenvalue weighted by molar-refractivity contribution is 0.594. The van der Waals surface area contributed by atoms with E-state index in [1.165, 1.54) is 17.4 Å². The van der Waals surface area contributed by atoms with Gasteiger partial charge in [0.25, 0.3) is 10.0 Å². The molecule has 0 heterocycles. The normalized spacial score (nSPS) is 11.4. The fourth-order valence-corrected chi connectivity index (χ4v) is 3.98. The fourth-order valence-electron chi connectivity index (χ4n) is 2.15. The highest BCUT2D eigenvalue weighted by molar-refractivity contribution is 9.10. The molecule has 2 N–H and O–H groups in total. The third-order valence-corrected chi connectivity index (χ3v) is 5.52. The average Bonchev–Trinajstić information content (AvgIpc) is 2.39. The van der Waals surface area contributed by atoms with Gasteiger partial charge in [-0.25, -0.2) is 8.42 Å². The molecule has 0 aromatic heterocycles. The van der Waals surface area contributed by atoms with Crippen LogP contribution in [0.1, 0.15) is 11.1 Å². The zero-order valence-electron chi connectivity index (χ0n) is 12.1. The molecular weight excluding hydrogens is 352 g/mol.